The van der Waals surface area contributed by atoms with Gasteiger partial charge in [-0.2, -0.15) is 0 Å². The van der Waals surface area contributed by atoms with Crippen LogP contribution in [0.2, 0.25) is 0 Å². The highest BCUT2D eigenvalue weighted by molar-refractivity contribution is 7.12. The number of hydrogen-bond acceptors (Lipinski definition) is 3. The average molecular weight is 385 g/mol. The molecule has 2 amide bonds. The largest absolute Gasteiger partial charge is 0.337 e. The first-order chi connectivity index (χ1) is 12.9. The van der Waals surface area contributed by atoms with Crippen molar-refractivity contribution in [3.8, 4) is 0 Å². The van der Waals surface area contributed by atoms with Crippen LogP contribution in [-0.2, 0) is 4.79 Å². The van der Waals surface area contributed by atoms with Crippen molar-refractivity contribution in [1.82, 2.24) is 4.90 Å². The number of benzene rings is 1. The summed E-state index contributed by atoms with van der Waals surface area (Å²) < 4.78 is 0. The second-order valence-corrected chi connectivity index (χ2v) is 8.61. The van der Waals surface area contributed by atoms with E-state index in [9.17, 15) is 9.59 Å². The molecule has 0 spiro atoms. The molecule has 0 bridgehead atoms. The number of carbonyl (C=O) groups is 2. The summed E-state index contributed by atoms with van der Waals surface area (Å²) in [4.78, 5) is 30.7. The van der Waals surface area contributed by atoms with Crippen LogP contribution in [0.25, 0.3) is 0 Å². The molecule has 1 aromatic heterocycles. The van der Waals surface area contributed by atoms with Crippen LogP contribution in [0.1, 0.15) is 47.5 Å². The third-order valence-electron chi connectivity index (χ3n) is 5.17. The number of anilines is 1. The van der Waals surface area contributed by atoms with E-state index in [1.807, 2.05) is 41.2 Å². The van der Waals surface area contributed by atoms with Crippen molar-refractivity contribution >= 4 is 28.8 Å². The molecule has 0 radical (unpaired) electrons. The molecule has 1 aliphatic heterocycles. The Balaban J connectivity index is 1.81. The van der Waals surface area contributed by atoms with Gasteiger partial charge in [0, 0.05) is 24.8 Å². The SMILES string of the molecule is Cc1ccc(C)c(N(C(=O)C2CCCN(C(=O)c3cccs3)C2)C(C)C)c1. The highest BCUT2D eigenvalue weighted by Gasteiger charge is 2.33. The van der Waals surface area contributed by atoms with Gasteiger partial charge in [0.15, 0.2) is 0 Å². The molecule has 1 fully saturated rings. The van der Waals surface area contributed by atoms with Crippen LogP contribution in [0.3, 0.4) is 0 Å². The first kappa shape index (κ1) is 19.6. The van der Waals surface area contributed by atoms with E-state index in [2.05, 4.69) is 32.0 Å². The summed E-state index contributed by atoms with van der Waals surface area (Å²) >= 11 is 1.46. The van der Waals surface area contributed by atoms with E-state index in [1.54, 1.807) is 0 Å². The zero-order chi connectivity index (χ0) is 19.6. The van der Waals surface area contributed by atoms with Crippen molar-refractivity contribution in [2.45, 2.75) is 46.6 Å². The lowest BCUT2D eigenvalue weighted by atomic mass is 9.95. The van der Waals surface area contributed by atoms with Crippen LogP contribution >= 0.6 is 11.3 Å². The smallest absolute Gasteiger partial charge is 0.263 e. The van der Waals surface area contributed by atoms with Gasteiger partial charge in [-0.15, -0.1) is 11.3 Å². The molecule has 1 aliphatic rings. The van der Waals surface area contributed by atoms with Crippen LogP contribution < -0.4 is 4.90 Å². The fraction of sp³-hybridized carbons (Fsp3) is 0.455. The number of aryl methyl sites for hydroxylation is 2. The number of hydrogen-bond donors (Lipinski definition) is 0. The van der Waals surface area contributed by atoms with E-state index in [-0.39, 0.29) is 23.8 Å². The van der Waals surface area contributed by atoms with Gasteiger partial charge < -0.3 is 9.80 Å². The van der Waals surface area contributed by atoms with E-state index in [1.165, 1.54) is 11.3 Å². The first-order valence-electron chi connectivity index (χ1n) is 9.61. The second kappa shape index (κ2) is 8.26. The molecule has 4 nitrogen and oxygen atoms in total. The Labute approximate surface area is 165 Å². The lowest BCUT2D eigenvalue weighted by molar-refractivity contribution is -0.124. The van der Waals surface area contributed by atoms with Gasteiger partial charge in [-0.25, -0.2) is 0 Å². The van der Waals surface area contributed by atoms with Crippen molar-refractivity contribution in [3.63, 3.8) is 0 Å². The molecule has 1 unspecified atom stereocenters. The molecular formula is C22H28N2O2S. The van der Waals surface area contributed by atoms with Crippen LogP contribution in [0, 0.1) is 19.8 Å². The molecule has 2 heterocycles. The quantitative estimate of drug-likeness (QED) is 0.769. The van der Waals surface area contributed by atoms with Gasteiger partial charge in [0.05, 0.1) is 10.8 Å². The van der Waals surface area contributed by atoms with Crippen molar-refractivity contribution < 1.29 is 9.59 Å². The van der Waals surface area contributed by atoms with Gasteiger partial charge in [-0.1, -0.05) is 18.2 Å². The van der Waals surface area contributed by atoms with E-state index >= 15 is 0 Å². The third kappa shape index (κ3) is 4.24. The maximum atomic E-state index is 13.4. The van der Waals surface area contributed by atoms with E-state index in [0.717, 1.165) is 41.1 Å². The van der Waals surface area contributed by atoms with Gasteiger partial charge in [0.1, 0.15) is 0 Å². The van der Waals surface area contributed by atoms with Crippen LogP contribution in [0.4, 0.5) is 5.69 Å². The minimum Gasteiger partial charge on any atom is -0.337 e. The van der Waals surface area contributed by atoms with Gasteiger partial charge >= 0.3 is 0 Å². The number of piperidine rings is 1. The standard InChI is InChI=1S/C22H28N2O2S/c1-15(2)24(19-13-16(3)9-10-17(19)4)21(25)18-7-5-11-23(14-18)22(26)20-8-6-12-27-20/h6,8-10,12-13,15,18H,5,7,11,14H2,1-4H3. The monoisotopic (exact) mass is 384 g/mol. The van der Waals surface area contributed by atoms with Crippen molar-refractivity contribution in [3.05, 3.63) is 51.7 Å². The predicted octanol–water partition coefficient (Wildman–Crippen LogP) is 4.66. The second-order valence-electron chi connectivity index (χ2n) is 7.66. The molecule has 5 heteroatoms. The molecule has 144 valence electrons. The summed E-state index contributed by atoms with van der Waals surface area (Å²) in [7, 11) is 0. The zero-order valence-electron chi connectivity index (χ0n) is 16.6. The maximum Gasteiger partial charge on any atom is 0.263 e. The molecule has 0 saturated carbocycles. The molecule has 2 aromatic rings. The molecule has 1 atom stereocenters. The molecular weight excluding hydrogens is 356 g/mol. The van der Waals surface area contributed by atoms with Crippen LogP contribution in [0.5, 0.6) is 0 Å². The number of nitrogens with zero attached hydrogens (tertiary/aromatic N) is 2. The Bertz CT molecular complexity index is 814. The molecule has 3 rings (SSSR count). The molecule has 1 saturated heterocycles. The van der Waals surface area contributed by atoms with Crippen molar-refractivity contribution in [2.24, 2.45) is 5.92 Å². The Hall–Kier alpha value is -2.14. The lowest BCUT2D eigenvalue weighted by Crippen LogP contribution is -2.48. The Morgan fingerprint density at radius 2 is 2.00 bits per heavy atom. The topological polar surface area (TPSA) is 40.6 Å². The normalized spacial score (nSPS) is 17.2. The lowest BCUT2D eigenvalue weighted by Gasteiger charge is -2.37. The average Bonchev–Trinajstić information content (AvgIpc) is 3.18. The fourth-order valence-corrected chi connectivity index (χ4v) is 4.44. The summed E-state index contributed by atoms with van der Waals surface area (Å²) in [6, 6.07) is 10.1. The first-order valence-corrected chi connectivity index (χ1v) is 10.5. The molecule has 0 aliphatic carbocycles. The third-order valence-corrected chi connectivity index (χ3v) is 6.03. The molecule has 1 aromatic carbocycles. The number of rotatable bonds is 4. The van der Waals surface area contributed by atoms with Crippen LogP contribution in [0.15, 0.2) is 35.7 Å². The summed E-state index contributed by atoms with van der Waals surface area (Å²) in [5.41, 5.74) is 3.23. The highest BCUT2D eigenvalue weighted by Crippen LogP contribution is 2.29. The molecule has 0 N–H and O–H groups in total. The fourth-order valence-electron chi connectivity index (χ4n) is 3.75. The highest BCUT2D eigenvalue weighted by atomic mass is 32.1. The Kier molecular flexibility index (Phi) is 6.00. The number of amides is 2. The number of likely N-dealkylation sites (tertiary alicyclic amines) is 1. The summed E-state index contributed by atoms with van der Waals surface area (Å²) in [5.74, 6) is 0.0256. The van der Waals surface area contributed by atoms with E-state index in [0.29, 0.717) is 6.54 Å². The van der Waals surface area contributed by atoms with Crippen molar-refractivity contribution in [2.75, 3.05) is 18.0 Å². The van der Waals surface area contributed by atoms with E-state index < -0.39 is 0 Å². The van der Waals surface area contributed by atoms with Crippen LogP contribution in [-0.4, -0.2) is 35.8 Å². The zero-order valence-corrected chi connectivity index (χ0v) is 17.4. The van der Waals surface area contributed by atoms with Crippen molar-refractivity contribution in [1.29, 1.82) is 0 Å². The summed E-state index contributed by atoms with van der Waals surface area (Å²) in [6.45, 7) is 9.43. The summed E-state index contributed by atoms with van der Waals surface area (Å²) in [5, 5.41) is 1.92. The summed E-state index contributed by atoms with van der Waals surface area (Å²) in [6.07, 6.45) is 1.70. The Morgan fingerprint density at radius 3 is 2.67 bits per heavy atom. The van der Waals surface area contributed by atoms with E-state index in [4.69, 9.17) is 0 Å². The minimum absolute atomic E-state index is 0.0466. The van der Waals surface area contributed by atoms with Gasteiger partial charge in [-0.3, -0.25) is 9.59 Å². The predicted molar refractivity (Wildman–Crippen MR) is 111 cm³/mol. The number of carbonyl (C=O) groups excluding carboxylic acids is 2. The van der Waals surface area contributed by atoms with Gasteiger partial charge in [0.25, 0.3) is 5.91 Å². The molecule has 27 heavy (non-hydrogen) atoms. The number of thiophene rings is 1. The van der Waals surface area contributed by atoms with Gasteiger partial charge in [0.2, 0.25) is 5.91 Å². The Morgan fingerprint density at radius 1 is 1.22 bits per heavy atom. The maximum absolute atomic E-state index is 13.4. The minimum atomic E-state index is -0.148. The van der Waals surface area contributed by atoms with Gasteiger partial charge in [-0.05, 0) is 69.2 Å².